The quantitative estimate of drug-likeness (QED) is 0.183. The normalized spacial score (nSPS) is 13.1. The summed E-state index contributed by atoms with van der Waals surface area (Å²) in [5.74, 6) is 0. The van der Waals surface area contributed by atoms with Crippen LogP contribution in [0.3, 0.4) is 0 Å². The third-order valence-electron chi connectivity index (χ3n) is 12.5. The van der Waals surface area contributed by atoms with Crippen molar-refractivity contribution in [2.45, 2.75) is 52.4 Å². The summed E-state index contributed by atoms with van der Waals surface area (Å²) < 4.78 is 22.4. The molecule has 0 bridgehead atoms. The van der Waals surface area contributed by atoms with Crippen molar-refractivity contribution in [2.24, 2.45) is 0 Å². The largest absolute Gasteiger partial charge is 0.469 e. The van der Waals surface area contributed by atoms with Gasteiger partial charge in [-0.15, -0.1) is 0 Å². The first kappa shape index (κ1) is 33.5. The van der Waals surface area contributed by atoms with E-state index in [1.807, 2.05) is 12.1 Å². The van der Waals surface area contributed by atoms with Crippen LogP contribution in [0.2, 0.25) is 0 Å². The van der Waals surface area contributed by atoms with Crippen LogP contribution in [-0.4, -0.2) is 11.8 Å². The Morgan fingerprint density at radius 3 is 1.83 bits per heavy atom. The Balaban J connectivity index is 1.17. The summed E-state index contributed by atoms with van der Waals surface area (Å²) in [5, 5.41) is 11.8. The van der Waals surface area contributed by atoms with E-state index in [4.69, 9.17) is 13.3 Å². The molecule has 0 amide bonds. The molecule has 280 valence electrons. The molecule has 5 heterocycles. The third-order valence-corrected chi connectivity index (χ3v) is 12.5. The summed E-state index contributed by atoms with van der Waals surface area (Å²) in [6.07, 6.45) is 0. The molecule has 0 atom stereocenters. The predicted octanol–water partition coefficient (Wildman–Crippen LogP) is 13.0. The Bertz CT molecular complexity index is 3530. The van der Waals surface area contributed by atoms with Crippen molar-refractivity contribution in [1.29, 1.82) is 0 Å². The van der Waals surface area contributed by atoms with E-state index in [2.05, 4.69) is 167 Å². The van der Waals surface area contributed by atoms with Gasteiger partial charge < -0.3 is 23.1 Å². The van der Waals surface area contributed by atoms with Crippen LogP contribution in [0.1, 0.15) is 52.7 Å². The van der Waals surface area contributed by atoms with E-state index >= 15 is 0 Å². The van der Waals surface area contributed by atoms with Gasteiger partial charge in [0.1, 0.15) is 27.9 Å². The first-order valence-corrected chi connectivity index (χ1v) is 20.3. The molecule has 0 saturated carbocycles. The highest BCUT2D eigenvalue weighted by molar-refractivity contribution is 6.73. The van der Waals surface area contributed by atoms with Gasteiger partial charge in [0.2, 0.25) is 7.28 Å². The lowest BCUT2D eigenvalue weighted by Gasteiger charge is -2.22. The highest BCUT2D eigenvalue weighted by atomic mass is 16.3. The average Bonchev–Trinajstić information content (AvgIpc) is 3.95. The van der Waals surface area contributed by atoms with Gasteiger partial charge in [-0.1, -0.05) is 108 Å². The zero-order chi connectivity index (χ0) is 39.2. The first-order valence-electron chi connectivity index (χ1n) is 20.3. The molecule has 1 aliphatic rings. The zero-order valence-electron chi connectivity index (χ0n) is 33.5. The van der Waals surface area contributed by atoms with Crippen molar-refractivity contribution < 1.29 is 13.3 Å². The Morgan fingerprint density at radius 2 is 1.12 bits per heavy atom. The van der Waals surface area contributed by atoms with Crippen LogP contribution in [0.15, 0.2) is 141 Å². The number of benzene rings is 7. The van der Waals surface area contributed by atoms with Crippen LogP contribution in [0.5, 0.6) is 0 Å². The van der Waals surface area contributed by atoms with Crippen molar-refractivity contribution in [2.75, 3.05) is 5.32 Å². The summed E-state index contributed by atoms with van der Waals surface area (Å²) in [5.41, 5.74) is 17.0. The molecule has 1 N–H and O–H groups in total. The average molecular weight is 753 g/mol. The fraction of sp³-hybridized carbons (Fsp3) is 0.154. The standard InChI is InChI=1S/C52H41BN2O3/c1-51(2,3)28-15-18-30(19-16-28)54-40-27-46-37(31-11-7-9-13-42(31)57-46)24-35(40)33-20-21-34-36-26-45-38(32-12-8-10-14-43(32)56-45)25-41(36)55-48(34)47(33)53-50-49(55)39-23-29(52(4,5)6)17-22-44(39)58-50/h7-27,53-54H,1-6H3. The van der Waals surface area contributed by atoms with E-state index in [-0.39, 0.29) is 10.8 Å². The van der Waals surface area contributed by atoms with E-state index in [0.717, 1.165) is 99.6 Å². The molecule has 58 heavy (non-hydrogen) atoms. The Kier molecular flexibility index (Phi) is 6.63. The Hall–Kier alpha value is -6.66. The molecule has 11 aromatic rings. The van der Waals surface area contributed by atoms with Crippen LogP contribution in [0.4, 0.5) is 11.4 Å². The molecular formula is C52H41BN2O3. The van der Waals surface area contributed by atoms with Crippen molar-refractivity contribution in [3.05, 3.63) is 139 Å². The Morgan fingerprint density at radius 1 is 0.483 bits per heavy atom. The number of nitrogens with one attached hydrogen (secondary N) is 1. The number of anilines is 2. The molecule has 0 saturated heterocycles. The topological polar surface area (TPSA) is 56.4 Å². The molecule has 0 aliphatic carbocycles. The van der Waals surface area contributed by atoms with Crippen molar-refractivity contribution in [3.63, 3.8) is 0 Å². The highest BCUT2D eigenvalue weighted by Gasteiger charge is 2.32. The van der Waals surface area contributed by atoms with Crippen LogP contribution in [0.25, 0.3) is 93.5 Å². The maximum atomic E-state index is 6.91. The highest BCUT2D eigenvalue weighted by Crippen LogP contribution is 2.44. The van der Waals surface area contributed by atoms with E-state index in [1.165, 1.54) is 27.5 Å². The molecule has 5 nitrogen and oxygen atoms in total. The number of hydrogen-bond donors (Lipinski definition) is 1. The number of nitrogens with zero attached hydrogens (tertiary/aromatic N) is 1. The van der Waals surface area contributed by atoms with Crippen LogP contribution in [-0.2, 0) is 10.8 Å². The second-order valence-corrected chi connectivity index (χ2v) is 18.2. The van der Waals surface area contributed by atoms with Gasteiger partial charge in [-0.25, -0.2) is 0 Å². The van der Waals surface area contributed by atoms with Crippen LogP contribution in [0, 0.1) is 0 Å². The van der Waals surface area contributed by atoms with Gasteiger partial charge in [0, 0.05) is 60.5 Å². The second-order valence-electron chi connectivity index (χ2n) is 18.2. The molecule has 0 radical (unpaired) electrons. The maximum absolute atomic E-state index is 6.91. The molecule has 0 fully saturated rings. The smallest absolute Gasteiger partial charge is 0.244 e. The lowest BCUT2D eigenvalue weighted by Crippen LogP contribution is -2.36. The molecule has 1 aliphatic heterocycles. The van der Waals surface area contributed by atoms with Gasteiger partial charge in [-0.05, 0) is 87.6 Å². The predicted molar refractivity (Wildman–Crippen MR) is 244 cm³/mol. The first-order chi connectivity index (χ1) is 28.0. The monoisotopic (exact) mass is 752 g/mol. The summed E-state index contributed by atoms with van der Waals surface area (Å²) in [6, 6.07) is 45.9. The lowest BCUT2D eigenvalue weighted by molar-refractivity contribution is 0.590. The molecule has 0 unspecified atom stereocenters. The maximum Gasteiger partial charge on any atom is 0.244 e. The summed E-state index contributed by atoms with van der Waals surface area (Å²) >= 11 is 0. The third kappa shape index (κ3) is 4.78. The van der Waals surface area contributed by atoms with E-state index in [9.17, 15) is 0 Å². The summed E-state index contributed by atoms with van der Waals surface area (Å²) in [7, 11) is 0.654. The number of rotatable bonds is 3. The van der Waals surface area contributed by atoms with E-state index < -0.39 is 0 Å². The summed E-state index contributed by atoms with van der Waals surface area (Å²) in [4.78, 5) is 0. The number of para-hydroxylation sites is 2. The fourth-order valence-corrected chi connectivity index (χ4v) is 9.49. The van der Waals surface area contributed by atoms with E-state index in [0.29, 0.717) is 7.28 Å². The van der Waals surface area contributed by atoms with Gasteiger partial charge in [0.15, 0.2) is 0 Å². The Labute approximate surface area is 336 Å². The SMILES string of the molecule is CC(C)(C)c1ccc(Nc2cc3oc4ccccc4c3cc2-c2ccc3c4cc5oc6ccccc6c5cc4n4c3c2Bc2oc3ccc(C(C)(C)C)cc3c2-4)cc1. The number of fused-ring (bicyclic) bond motifs is 13. The van der Waals surface area contributed by atoms with Gasteiger partial charge in [-0.2, -0.15) is 0 Å². The van der Waals surface area contributed by atoms with Gasteiger partial charge in [0.05, 0.1) is 22.6 Å². The second kappa shape index (κ2) is 11.5. The molecule has 12 rings (SSSR count). The molecule has 4 aromatic heterocycles. The minimum absolute atomic E-state index is 0.0135. The molecule has 6 heteroatoms. The minimum Gasteiger partial charge on any atom is -0.469 e. The van der Waals surface area contributed by atoms with Crippen molar-refractivity contribution >= 4 is 106 Å². The zero-order valence-corrected chi connectivity index (χ0v) is 33.5. The fourth-order valence-electron chi connectivity index (χ4n) is 9.49. The van der Waals surface area contributed by atoms with Gasteiger partial charge >= 0.3 is 0 Å². The number of aromatic nitrogens is 1. The molecular weight excluding hydrogens is 711 g/mol. The number of hydrogen-bond acceptors (Lipinski definition) is 4. The lowest BCUT2D eigenvalue weighted by atomic mass is 9.62. The van der Waals surface area contributed by atoms with Crippen LogP contribution >= 0.6 is 0 Å². The number of furan rings is 3. The molecule has 7 aromatic carbocycles. The van der Waals surface area contributed by atoms with E-state index in [1.54, 1.807) is 0 Å². The minimum atomic E-state index is -0.0135. The molecule has 0 spiro atoms. The van der Waals surface area contributed by atoms with Crippen molar-refractivity contribution in [1.82, 2.24) is 4.57 Å². The van der Waals surface area contributed by atoms with Crippen LogP contribution < -0.4 is 16.4 Å². The van der Waals surface area contributed by atoms with Gasteiger partial charge in [-0.3, -0.25) is 0 Å². The van der Waals surface area contributed by atoms with Gasteiger partial charge in [0.25, 0.3) is 0 Å². The van der Waals surface area contributed by atoms with Crippen molar-refractivity contribution in [3.8, 4) is 16.8 Å². The summed E-state index contributed by atoms with van der Waals surface area (Å²) in [6.45, 7) is 13.6.